The lowest BCUT2D eigenvalue weighted by molar-refractivity contribution is 0.281. The third-order valence-electron chi connectivity index (χ3n) is 1.86. The van der Waals surface area contributed by atoms with Crippen LogP contribution in [0.15, 0.2) is 23.3 Å². The molecule has 0 amide bonds. The SMILES string of the molecule is [N-]=[N+]=NCCC#Cc1ccc(Cl)cc1CO. The van der Waals surface area contributed by atoms with Crippen LogP contribution in [0.3, 0.4) is 0 Å². The van der Waals surface area contributed by atoms with Crippen LogP contribution in [0, 0.1) is 11.8 Å². The molecule has 0 aliphatic heterocycles. The lowest BCUT2D eigenvalue weighted by Gasteiger charge is -2.00. The molecule has 16 heavy (non-hydrogen) atoms. The van der Waals surface area contributed by atoms with Crippen molar-refractivity contribution >= 4 is 11.6 Å². The summed E-state index contributed by atoms with van der Waals surface area (Å²) in [5, 5.41) is 13.0. The molecule has 82 valence electrons. The molecule has 0 saturated heterocycles. The van der Waals surface area contributed by atoms with Gasteiger partial charge in [-0.05, 0) is 29.3 Å². The van der Waals surface area contributed by atoms with E-state index < -0.39 is 0 Å². The van der Waals surface area contributed by atoms with Crippen LogP contribution in [0.5, 0.6) is 0 Å². The molecular weight excluding hydrogens is 226 g/mol. The largest absolute Gasteiger partial charge is 0.392 e. The highest BCUT2D eigenvalue weighted by atomic mass is 35.5. The maximum atomic E-state index is 9.09. The normalized spacial score (nSPS) is 8.88. The molecular formula is C11H10ClN3O. The Morgan fingerprint density at radius 2 is 2.31 bits per heavy atom. The number of benzene rings is 1. The van der Waals surface area contributed by atoms with Crippen molar-refractivity contribution in [3.05, 3.63) is 44.8 Å². The fourth-order valence-electron chi connectivity index (χ4n) is 1.12. The van der Waals surface area contributed by atoms with Gasteiger partial charge in [-0.15, -0.1) is 0 Å². The van der Waals surface area contributed by atoms with Crippen LogP contribution in [0.2, 0.25) is 5.02 Å². The second-order valence-electron chi connectivity index (χ2n) is 2.97. The number of aliphatic hydroxyl groups excluding tert-OH is 1. The first-order valence-electron chi connectivity index (χ1n) is 4.67. The minimum atomic E-state index is -0.0963. The number of halogens is 1. The van der Waals surface area contributed by atoms with Crippen LogP contribution in [0.25, 0.3) is 10.4 Å². The molecule has 1 aromatic carbocycles. The summed E-state index contributed by atoms with van der Waals surface area (Å²) in [6.45, 7) is 0.256. The topological polar surface area (TPSA) is 69.0 Å². The number of azide groups is 1. The molecule has 0 fully saturated rings. The van der Waals surface area contributed by atoms with E-state index in [0.29, 0.717) is 23.6 Å². The van der Waals surface area contributed by atoms with Crippen molar-refractivity contribution in [3.8, 4) is 11.8 Å². The Labute approximate surface area is 98.5 Å². The van der Waals surface area contributed by atoms with E-state index in [0.717, 1.165) is 5.56 Å². The standard InChI is InChI=1S/C11H10ClN3O/c12-11-5-4-9(10(7-11)8-16)3-1-2-6-14-15-13/h4-5,7,16H,2,6,8H2. The molecule has 0 heterocycles. The number of hydrogen-bond acceptors (Lipinski definition) is 2. The predicted molar refractivity (Wildman–Crippen MR) is 62.9 cm³/mol. The lowest BCUT2D eigenvalue weighted by atomic mass is 10.1. The van der Waals surface area contributed by atoms with Gasteiger partial charge in [-0.25, -0.2) is 0 Å². The van der Waals surface area contributed by atoms with Gasteiger partial charge < -0.3 is 5.11 Å². The molecule has 0 bridgehead atoms. The number of aliphatic hydroxyl groups is 1. The van der Waals surface area contributed by atoms with E-state index in [-0.39, 0.29) is 6.61 Å². The van der Waals surface area contributed by atoms with E-state index >= 15 is 0 Å². The molecule has 0 radical (unpaired) electrons. The van der Waals surface area contributed by atoms with Crippen molar-refractivity contribution in [2.45, 2.75) is 13.0 Å². The van der Waals surface area contributed by atoms with Crippen LogP contribution in [0.4, 0.5) is 0 Å². The maximum Gasteiger partial charge on any atom is 0.0694 e. The molecule has 0 aromatic heterocycles. The van der Waals surface area contributed by atoms with Gasteiger partial charge in [-0.1, -0.05) is 28.6 Å². The van der Waals surface area contributed by atoms with Gasteiger partial charge in [0.25, 0.3) is 0 Å². The maximum absolute atomic E-state index is 9.09. The zero-order valence-corrected chi connectivity index (χ0v) is 9.28. The summed E-state index contributed by atoms with van der Waals surface area (Å²) < 4.78 is 0. The Morgan fingerprint density at radius 1 is 1.50 bits per heavy atom. The van der Waals surface area contributed by atoms with E-state index in [4.69, 9.17) is 22.2 Å². The molecule has 0 aliphatic rings. The Balaban J connectivity index is 2.75. The summed E-state index contributed by atoms with van der Waals surface area (Å²) in [7, 11) is 0. The van der Waals surface area contributed by atoms with Crippen LogP contribution >= 0.6 is 11.6 Å². The molecule has 0 atom stereocenters. The molecule has 0 unspecified atom stereocenters. The highest BCUT2D eigenvalue weighted by Gasteiger charge is 1.98. The van der Waals surface area contributed by atoms with Crippen molar-refractivity contribution in [3.63, 3.8) is 0 Å². The van der Waals surface area contributed by atoms with Gasteiger partial charge in [0, 0.05) is 28.5 Å². The summed E-state index contributed by atoms with van der Waals surface area (Å²) in [5.41, 5.74) is 9.50. The Morgan fingerprint density at radius 3 is 3.00 bits per heavy atom. The van der Waals surface area contributed by atoms with E-state index in [2.05, 4.69) is 21.9 Å². The van der Waals surface area contributed by atoms with Crippen molar-refractivity contribution in [1.82, 2.24) is 0 Å². The first-order valence-corrected chi connectivity index (χ1v) is 5.04. The van der Waals surface area contributed by atoms with Gasteiger partial charge in [0.2, 0.25) is 0 Å². The number of hydrogen-bond donors (Lipinski definition) is 1. The molecule has 0 spiro atoms. The summed E-state index contributed by atoms with van der Waals surface area (Å²) in [5.74, 6) is 5.76. The Bertz CT molecular complexity index is 470. The second-order valence-corrected chi connectivity index (χ2v) is 3.40. The fraction of sp³-hybridized carbons (Fsp3) is 0.273. The zero-order chi connectivity index (χ0) is 11.8. The average molecular weight is 236 g/mol. The molecule has 0 aliphatic carbocycles. The zero-order valence-electron chi connectivity index (χ0n) is 8.52. The predicted octanol–water partition coefficient (Wildman–Crippen LogP) is 2.88. The van der Waals surface area contributed by atoms with Crippen molar-refractivity contribution in [2.75, 3.05) is 6.54 Å². The minimum Gasteiger partial charge on any atom is -0.392 e. The first-order chi connectivity index (χ1) is 7.77. The third-order valence-corrected chi connectivity index (χ3v) is 2.10. The monoisotopic (exact) mass is 235 g/mol. The molecule has 4 nitrogen and oxygen atoms in total. The third kappa shape index (κ3) is 3.84. The number of rotatable bonds is 3. The Hall–Kier alpha value is -1.66. The summed E-state index contributed by atoms with van der Waals surface area (Å²) in [4.78, 5) is 2.63. The lowest BCUT2D eigenvalue weighted by Crippen LogP contribution is -1.89. The van der Waals surface area contributed by atoms with E-state index in [1.54, 1.807) is 18.2 Å². The van der Waals surface area contributed by atoms with E-state index in [9.17, 15) is 0 Å². The van der Waals surface area contributed by atoms with Crippen LogP contribution in [-0.4, -0.2) is 11.7 Å². The van der Waals surface area contributed by atoms with E-state index in [1.807, 2.05) is 0 Å². The molecule has 0 saturated carbocycles. The van der Waals surface area contributed by atoms with Crippen LogP contribution < -0.4 is 0 Å². The van der Waals surface area contributed by atoms with Gasteiger partial charge in [0.05, 0.1) is 6.61 Å². The smallest absolute Gasteiger partial charge is 0.0694 e. The molecule has 1 N–H and O–H groups in total. The van der Waals surface area contributed by atoms with Crippen LogP contribution in [-0.2, 0) is 6.61 Å². The average Bonchev–Trinajstić information content (AvgIpc) is 2.30. The molecule has 5 heteroatoms. The van der Waals surface area contributed by atoms with Gasteiger partial charge in [-0.2, -0.15) is 0 Å². The highest BCUT2D eigenvalue weighted by molar-refractivity contribution is 6.30. The Kier molecular flexibility index (Phi) is 5.24. The summed E-state index contributed by atoms with van der Waals surface area (Å²) >= 11 is 5.78. The summed E-state index contributed by atoms with van der Waals surface area (Å²) in [6, 6.07) is 5.16. The van der Waals surface area contributed by atoms with Crippen molar-refractivity contribution in [1.29, 1.82) is 0 Å². The first kappa shape index (κ1) is 12.4. The highest BCUT2D eigenvalue weighted by Crippen LogP contribution is 2.15. The van der Waals surface area contributed by atoms with Gasteiger partial charge >= 0.3 is 0 Å². The van der Waals surface area contributed by atoms with E-state index in [1.165, 1.54) is 0 Å². The van der Waals surface area contributed by atoms with Crippen molar-refractivity contribution in [2.24, 2.45) is 5.11 Å². The molecule has 1 aromatic rings. The van der Waals surface area contributed by atoms with Crippen molar-refractivity contribution < 1.29 is 5.11 Å². The van der Waals surface area contributed by atoms with Crippen LogP contribution in [0.1, 0.15) is 17.5 Å². The van der Waals surface area contributed by atoms with Gasteiger partial charge in [-0.3, -0.25) is 0 Å². The second kappa shape index (κ2) is 6.76. The van der Waals surface area contributed by atoms with Gasteiger partial charge in [0.15, 0.2) is 0 Å². The minimum absolute atomic E-state index is 0.0963. The summed E-state index contributed by atoms with van der Waals surface area (Å²) in [6.07, 6.45) is 0.498. The fourth-order valence-corrected chi connectivity index (χ4v) is 1.32. The number of nitrogens with zero attached hydrogens (tertiary/aromatic N) is 3. The molecule has 1 rings (SSSR count). The quantitative estimate of drug-likeness (QED) is 0.283. The van der Waals surface area contributed by atoms with Gasteiger partial charge in [0.1, 0.15) is 0 Å².